The normalized spacial score (nSPS) is 19.6. The number of nitrogens with zero attached hydrogens (tertiary/aromatic N) is 3. The summed E-state index contributed by atoms with van der Waals surface area (Å²) in [6.45, 7) is 1.07. The number of aromatic nitrogens is 2. The van der Waals surface area contributed by atoms with Crippen molar-refractivity contribution in [2.45, 2.75) is 38.1 Å². The minimum absolute atomic E-state index is 0.00741. The van der Waals surface area contributed by atoms with Crippen molar-refractivity contribution < 1.29 is 13.2 Å². The molecule has 1 atom stereocenters. The van der Waals surface area contributed by atoms with Crippen LogP contribution in [0.2, 0.25) is 0 Å². The zero-order chi connectivity index (χ0) is 17.2. The summed E-state index contributed by atoms with van der Waals surface area (Å²) in [5.41, 5.74) is 0.745. The van der Waals surface area contributed by atoms with Crippen LogP contribution in [0.25, 0.3) is 4.96 Å². The van der Waals surface area contributed by atoms with E-state index in [2.05, 4.69) is 10.3 Å². The second-order valence-corrected chi connectivity index (χ2v) is 8.97. The van der Waals surface area contributed by atoms with E-state index < -0.39 is 10.0 Å². The van der Waals surface area contributed by atoms with Gasteiger partial charge in [0.05, 0.1) is 18.4 Å². The minimum Gasteiger partial charge on any atom is -0.356 e. The van der Waals surface area contributed by atoms with E-state index >= 15 is 0 Å². The second-order valence-electron chi connectivity index (χ2n) is 6.16. The van der Waals surface area contributed by atoms with Crippen LogP contribution in [0.4, 0.5) is 0 Å². The third-order valence-corrected chi connectivity index (χ3v) is 6.39. The van der Waals surface area contributed by atoms with Crippen molar-refractivity contribution in [3.05, 3.63) is 23.5 Å². The lowest BCUT2D eigenvalue weighted by atomic mass is 10.0. The molecule has 1 N–H and O–H groups in total. The Balaban J connectivity index is 1.48. The van der Waals surface area contributed by atoms with Crippen LogP contribution in [0.3, 0.4) is 0 Å². The average molecular weight is 371 g/mol. The summed E-state index contributed by atoms with van der Waals surface area (Å²) in [6.07, 6.45) is 8.74. The molecule has 7 nitrogen and oxygen atoms in total. The van der Waals surface area contributed by atoms with Crippen molar-refractivity contribution in [1.82, 2.24) is 19.0 Å². The Kier molecular flexibility index (Phi) is 5.21. The van der Waals surface area contributed by atoms with Gasteiger partial charge in [-0.3, -0.25) is 9.20 Å². The first-order chi connectivity index (χ1) is 11.4. The molecular weight excluding hydrogens is 348 g/mol. The van der Waals surface area contributed by atoms with E-state index in [-0.39, 0.29) is 18.4 Å². The highest BCUT2D eigenvalue weighted by molar-refractivity contribution is 7.88. The Morgan fingerprint density at radius 2 is 2.29 bits per heavy atom. The lowest BCUT2D eigenvalue weighted by Crippen LogP contribution is -2.44. The van der Waals surface area contributed by atoms with Crippen LogP contribution in [-0.2, 0) is 21.2 Å². The highest BCUT2D eigenvalue weighted by Gasteiger charge is 2.28. The largest absolute Gasteiger partial charge is 0.356 e. The summed E-state index contributed by atoms with van der Waals surface area (Å²) >= 11 is 1.53. The van der Waals surface area contributed by atoms with Gasteiger partial charge in [-0.15, -0.1) is 11.3 Å². The molecule has 3 heterocycles. The van der Waals surface area contributed by atoms with Crippen molar-refractivity contribution in [3.8, 4) is 0 Å². The Morgan fingerprint density at radius 1 is 1.46 bits per heavy atom. The Hall–Kier alpha value is -1.45. The summed E-state index contributed by atoms with van der Waals surface area (Å²) < 4.78 is 27.1. The minimum atomic E-state index is -3.17. The van der Waals surface area contributed by atoms with Crippen LogP contribution in [0.15, 0.2) is 17.8 Å². The standard InChI is InChI=1S/C15H22N4O3S2/c1-24(21,22)19-7-3-2-4-13(19)5-6-16-14(20)10-12-11-18-8-9-23-15(18)17-12/h8-9,11,13H,2-7,10H2,1H3,(H,16,20)/t13-/m0/s1. The number of rotatable bonds is 6. The predicted octanol–water partition coefficient (Wildman–Crippen LogP) is 1.26. The van der Waals surface area contributed by atoms with Crippen molar-refractivity contribution >= 4 is 32.2 Å². The molecule has 24 heavy (non-hydrogen) atoms. The number of hydrogen-bond donors (Lipinski definition) is 1. The van der Waals surface area contributed by atoms with Gasteiger partial charge in [-0.2, -0.15) is 4.31 Å². The number of amides is 1. The fourth-order valence-corrected chi connectivity index (χ4v) is 5.10. The molecule has 9 heteroatoms. The van der Waals surface area contributed by atoms with Gasteiger partial charge in [-0.25, -0.2) is 13.4 Å². The molecule has 2 aromatic rings. The molecule has 132 valence electrons. The van der Waals surface area contributed by atoms with E-state index in [1.54, 1.807) is 4.31 Å². The molecule has 0 aliphatic carbocycles. The Morgan fingerprint density at radius 3 is 3.04 bits per heavy atom. The van der Waals surface area contributed by atoms with Gasteiger partial charge in [-0.05, 0) is 19.3 Å². The first-order valence-electron chi connectivity index (χ1n) is 8.08. The highest BCUT2D eigenvalue weighted by Crippen LogP contribution is 2.21. The summed E-state index contributed by atoms with van der Waals surface area (Å²) in [4.78, 5) is 17.3. The van der Waals surface area contributed by atoms with Crippen LogP contribution in [0.1, 0.15) is 31.4 Å². The van der Waals surface area contributed by atoms with Gasteiger partial charge in [0.1, 0.15) is 0 Å². The topological polar surface area (TPSA) is 83.8 Å². The van der Waals surface area contributed by atoms with Gasteiger partial charge in [-0.1, -0.05) is 6.42 Å². The van der Waals surface area contributed by atoms with E-state index in [9.17, 15) is 13.2 Å². The maximum absolute atomic E-state index is 12.0. The molecule has 0 unspecified atom stereocenters. The number of carbonyl (C=O) groups excluding carboxylic acids is 1. The van der Waals surface area contributed by atoms with Gasteiger partial charge in [0.15, 0.2) is 4.96 Å². The van der Waals surface area contributed by atoms with E-state index in [0.717, 1.165) is 29.9 Å². The maximum Gasteiger partial charge on any atom is 0.226 e. The van der Waals surface area contributed by atoms with Crippen LogP contribution >= 0.6 is 11.3 Å². The van der Waals surface area contributed by atoms with Crippen LogP contribution in [0, 0.1) is 0 Å². The van der Waals surface area contributed by atoms with Crippen molar-refractivity contribution in [3.63, 3.8) is 0 Å². The van der Waals surface area contributed by atoms with Crippen LogP contribution in [-0.4, -0.2) is 53.4 Å². The van der Waals surface area contributed by atoms with Gasteiger partial charge >= 0.3 is 0 Å². The summed E-state index contributed by atoms with van der Waals surface area (Å²) in [6, 6.07) is -0.00741. The van der Waals surface area contributed by atoms with Gasteiger partial charge < -0.3 is 5.32 Å². The molecule has 1 saturated heterocycles. The number of thiazole rings is 1. The van der Waals surface area contributed by atoms with E-state index in [4.69, 9.17) is 0 Å². The molecule has 3 rings (SSSR count). The zero-order valence-corrected chi connectivity index (χ0v) is 15.3. The molecular formula is C15H22N4O3S2. The fraction of sp³-hybridized carbons (Fsp3) is 0.600. The number of carbonyl (C=O) groups is 1. The third-order valence-electron chi connectivity index (χ3n) is 4.28. The molecule has 1 aliphatic rings. The van der Waals surface area contributed by atoms with Crippen molar-refractivity contribution in [2.75, 3.05) is 19.3 Å². The van der Waals surface area contributed by atoms with Gasteiger partial charge in [0, 0.05) is 36.9 Å². The highest BCUT2D eigenvalue weighted by atomic mass is 32.2. The lowest BCUT2D eigenvalue weighted by molar-refractivity contribution is -0.120. The first-order valence-corrected chi connectivity index (χ1v) is 10.8. The average Bonchev–Trinajstić information content (AvgIpc) is 3.08. The quantitative estimate of drug-likeness (QED) is 0.830. The van der Waals surface area contributed by atoms with E-state index in [1.807, 2.05) is 22.2 Å². The monoisotopic (exact) mass is 370 g/mol. The van der Waals surface area contributed by atoms with Crippen molar-refractivity contribution in [1.29, 1.82) is 0 Å². The molecule has 0 bridgehead atoms. The fourth-order valence-electron chi connectivity index (χ4n) is 3.17. The molecule has 0 saturated carbocycles. The number of piperidine rings is 1. The van der Waals surface area contributed by atoms with Gasteiger partial charge in [0.25, 0.3) is 0 Å². The number of hydrogen-bond acceptors (Lipinski definition) is 5. The van der Waals surface area contributed by atoms with Crippen LogP contribution in [0.5, 0.6) is 0 Å². The number of fused-ring (bicyclic) bond motifs is 1. The summed E-state index contributed by atoms with van der Waals surface area (Å²) in [7, 11) is -3.17. The molecule has 2 aromatic heterocycles. The molecule has 0 aromatic carbocycles. The molecule has 1 amide bonds. The number of imidazole rings is 1. The summed E-state index contributed by atoms with van der Waals surface area (Å²) in [5.74, 6) is -0.0810. The SMILES string of the molecule is CS(=O)(=O)N1CCCC[C@H]1CCNC(=O)Cc1cn2ccsc2n1. The Labute approximate surface area is 145 Å². The second kappa shape index (κ2) is 7.20. The summed E-state index contributed by atoms with van der Waals surface area (Å²) in [5, 5.41) is 4.83. The molecule has 0 radical (unpaired) electrons. The van der Waals surface area contributed by atoms with Gasteiger partial charge in [0.2, 0.25) is 15.9 Å². The maximum atomic E-state index is 12.0. The Bertz CT molecular complexity index is 783. The van der Waals surface area contributed by atoms with E-state index in [0.29, 0.717) is 19.5 Å². The first kappa shape index (κ1) is 17.4. The molecule has 1 aliphatic heterocycles. The van der Waals surface area contributed by atoms with Crippen LogP contribution < -0.4 is 5.32 Å². The molecule has 1 fully saturated rings. The lowest BCUT2D eigenvalue weighted by Gasteiger charge is -2.33. The zero-order valence-electron chi connectivity index (χ0n) is 13.6. The smallest absolute Gasteiger partial charge is 0.226 e. The predicted molar refractivity (Wildman–Crippen MR) is 93.6 cm³/mol. The van der Waals surface area contributed by atoms with E-state index in [1.165, 1.54) is 17.6 Å². The van der Waals surface area contributed by atoms with Crippen molar-refractivity contribution in [2.24, 2.45) is 0 Å². The number of nitrogens with one attached hydrogen (secondary N) is 1. The molecule has 0 spiro atoms. The third kappa shape index (κ3) is 4.14. The number of sulfonamides is 1.